The highest BCUT2D eigenvalue weighted by Crippen LogP contribution is 1.97. The highest BCUT2D eigenvalue weighted by Gasteiger charge is 2.06. The molecular formula is C10H17NO3. The summed E-state index contributed by atoms with van der Waals surface area (Å²) in [7, 11) is 0. The first-order chi connectivity index (χ1) is 6.41. The quantitative estimate of drug-likeness (QED) is 0.656. The smallest absolute Gasteiger partial charge is 0.303 e. The zero-order valence-electron chi connectivity index (χ0n) is 8.83. The van der Waals surface area contributed by atoms with Crippen molar-refractivity contribution in [3.63, 3.8) is 0 Å². The molecule has 1 amide bonds. The Bertz CT molecular complexity index is 242. The van der Waals surface area contributed by atoms with Crippen molar-refractivity contribution in [3.8, 4) is 0 Å². The van der Waals surface area contributed by atoms with Gasteiger partial charge in [-0.15, -0.1) is 0 Å². The summed E-state index contributed by atoms with van der Waals surface area (Å²) in [4.78, 5) is 21.4. The van der Waals surface area contributed by atoms with E-state index in [1.165, 1.54) is 6.08 Å². The Balaban J connectivity index is 3.83. The zero-order chi connectivity index (χ0) is 11.1. The summed E-state index contributed by atoms with van der Waals surface area (Å²) < 4.78 is 0. The van der Waals surface area contributed by atoms with Crippen LogP contribution in [0.15, 0.2) is 11.6 Å². The van der Waals surface area contributed by atoms with Gasteiger partial charge in [0, 0.05) is 18.5 Å². The zero-order valence-corrected chi connectivity index (χ0v) is 8.83. The predicted octanol–water partition coefficient (Wildman–Crippen LogP) is 1.32. The molecule has 0 aromatic heterocycles. The largest absolute Gasteiger partial charge is 0.481 e. The van der Waals surface area contributed by atoms with Gasteiger partial charge in [-0.3, -0.25) is 9.59 Å². The maximum absolute atomic E-state index is 11.2. The Morgan fingerprint density at radius 3 is 2.43 bits per heavy atom. The van der Waals surface area contributed by atoms with Crippen LogP contribution in [0, 0.1) is 0 Å². The molecule has 4 heteroatoms. The number of amides is 1. The van der Waals surface area contributed by atoms with E-state index in [0.29, 0.717) is 6.42 Å². The molecule has 1 atom stereocenters. The van der Waals surface area contributed by atoms with Crippen molar-refractivity contribution < 1.29 is 14.7 Å². The van der Waals surface area contributed by atoms with Crippen LogP contribution in [0.4, 0.5) is 0 Å². The summed E-state index contributed by atoms with van der Waals surface area (Å²) >= 11 is 0. The first-order valence-electron chi connectivity index (χ1n) is 4.59. The van der Waals surface area contributed by atoms with Crippen LogP contribution in [0.1, 0.15) is 33.6 Å². The fourth-order valence-electron chi connectivity index (χ4n) is 0.959. The molecule has 0 saturated carbocycles. The summed E-state index contributed by atoms with van der Waals surface area (Å²) in [6, 6.07) is -0.103. The van der Waals surface area contributed by atoms with Crippen molar-refractivity contribution in [1.82, 2.24) is 5.32 Å². The molecule has 0 heterocycles. The van der Waals surface area contributed by atoms with Crippen molar-refractivity contribution in [1.29, 1.82) is 0 Å². The van der Waals surface area contributed by atoms with E-state index >= 15 is 0 Å². The SMILES string of the molecule is CC(C)=CC(=O)NC(C)CCC(=O)O. The third kappa shape index (κ3) is 7.34. The lowest BCUT2D eigenvalue weighted by Gasteiger charge is -2.10. The molecule has 4 nitrogen and oxygen atoms in total. The molecule has 0 aliphatic rings. The molecular weight excluding hydrogens is 182 g/mol. The highest BCUT2D eigenvalue weighted by molar-refractivity contribution is 5.88. The summed E-state index contributed by atoms with van der Waals surface area (Å²) in [5.41, 5.74) is 0.924. The second-order valence-corrected chi connectivity index (χ2v) is 3.56. The summed E-state index contributed by atoms with van der Waals surface area (Å²) in [6.45, 7) is 5.46. The molecule has 0 rings (SSSR count). The Hall–Kier alpha value is -1.32. The highest BCUT2D eigenvalue weighted by atomic mass is 16.4. The topological polar surface area (TPSA) is 66.4 Å². The predicted molar refractivity (Wildman–Crippen MR) is 53.9 cm³/mol. The molecule has 1 unspecified atom stereocenters. The average Bonchev–Trinajstić information content (AvgIpc) is 1.98. The van der Waals surface area contributed by atoms with Crippen LogP contribution in [0.5, 0.6) is 0 Å². The van der Waals surface area contributed by atoms with Gasteiger partial charge >= 0.3 is 5.97 Å². The third-order valence-electron chi connectivity index (χ3n) is 1.60. The molecule has 0 saturated heterocycles. The Labute approximate surface area is 84.0 Å². The normalized spacial score (nSPS) is 11.6. The maximum Gasteiger partial charge on any atom is 0.303 e. The fourth-order valence-corrected chi connectivity index (χ4v) is 0.959. The van der Waals surface area contributed by atoms with Crippen LogP contribution < -0.4 is 5.32 Å². The second-order valence-electron chi connectivity index (χ2n) is 3.56. The Kier molecular flexibility index (Phi) is 5.60. The molecule has 0 aromatic rings. The van der Waals surface area contributed by atoms with E-state index in [0.717, 1.165) is 5.57 Å². The number of allylic oxidation sites excluding steroid dienone is 1. The number of hydrogen-bond acceptors (Lipinski definition) is 2. The van der Waals surface area contributed by atoms with Gasteiger partial charge in [0.2, 0.25) is 5.91 Å². The molecule has 0 bridgehead atoms. The standard InChI is InChI=1S/C10H17NO3/c1-7(2)6-9(12)11-8(3)4-5-10(13)14/h6,8H,4-5H2,1-3H3,(H,11,12)(H,13,14). The number of hydrogen-bond donors (Lipinski definition) is 2. The third-order valence-corrected chi connectivity index (χ3v) is 1.60. The van der Waals surface area contributed by atoms with E-state index in [1.54, 1.807) is 6.92 Å². The molecule has 0 spiro atoms. The van der Waals surface area contributed by atoms with Crippen molar-refractivity contribution >= 4 is 11.9 Å². The van der Waals surface area contributed by atoms with Crippen molar-refractivity contribution in [2.45, 2.75) is 39.7 Å². The van der Waals surface area contributed by atoms with Crippen LogP contribution in [0.25, 0.3) is 0 Å². The number of nitrogens with one attached hydrogen (secondary N) is 1. The molecule has 0 fully saturated rings. The monoisotopic (exact) mass is 199 g/mol. The molecule has 0 aliphatic carbocycles. The van der Waals surface area contributed by atoms with Crippen LogP contribution in [-0.2, 0) is 9.59 Å². The lowest BCUT2D eigenvalue weighted by Crippen LogP contribution is -2.31. The minimum Gasteiger partial charge on any atom is -0.481 e. The van der Waals surface area contributed by atoms with Gasteiger partial charge in [0.1, 0.15) is 0 Å². The number of aliphatic carboxylic acids is 1. The Morgan fingerprint density at radius 2 is 2.00 bits per heavy atom. The number of carbonyl (C=O) groups excluding carboxylic acids is 1. The van der Waals surface area contributed by atoms with Crippen LogP contribution in [-0.4, -0.2) is 23.0 Å². The van der Waals surface area contributed by atoms with Crippen molar-refractivity contribution in [3.05, 3.63) is 11.6 Å². The molecule has 80 valence electrons. The molecule has 0 aromatic carbocycles. The van der Waals surface area contributed by atoms with E-state index in [1.807, 2.05) is 13.8 Å². The van der Waals surface area contributed by atoms with Gasteiger partial charge in [-0.05, 0) is 27.2 Å². The Morgan fingerprint density at radius 1 is 1.43 bits per heavy atom. The molecule has 0 radical (unpaired) electrons. The summed E-state index contributed by atoms with van der Waals surface area (Å²) in [5.74, 6) is -1.00. The van der Waals surface area contributed by atoms with Gasteiger partial charge in [-0.25, -0.2) is 0 Å². The van der Waals surface area contributed by atoms with Gasteiger partial charge < -0.3 is 10.4 Å². The van der Waals surface area contributed by atoms with Crippen LogP contribution in [0.2, 0.25) is 0 Å². The summed E-state index contributed by atoms with van der Waals surface area (Å²) in [5, 5.41) is 11.1. The number of carbonyl (C=O) groups is 2. The van der Waals surface area contributed by atoms with E-state index in [-0.39, 0.29) is 18.4 Å². The molecule has 2 N–H and O–H groups in total. The second kappa shape index (κ2) is 6.18. The van der Waals surface area contributed by atoms with Gasteiger partial charge in [-0.2, -0.15) is 0 Å². The lowest BCUT2D eigenvalue weighted by atomic mass is 10.2. The number of rotatable bonds is 5. The van der Waals surface area contributed by atoms with Gasteiger partial charge in [0.05, 0.1) is 0 Å². The van der Waals surface area contributed by atoms with Crippen LogP contribution >= 0.6 is 0 Å². The van der Waals surface area contributed by atoms with Gasteiger partial charge in [0.15, 0.2) is 0 Å². The van der Waals surface area contributed by atoms with E-state index in [9.17, 15) is 9.59 Å². The first-order valence-corrected chi connectivity index (χ1v) is 4.59. The van der Waals surface area contributed by atoms with Crippen molar-refractivity contribution in [2.75, 3.05) is 0 Å². The van der Waals surface area contributed by atoms with Crippen molar-refractivity contribution in [2.24, 2.45) is 0 Å². The van der Waals surface area contributed by atoms with Gasteiger partial charge in [-0.1, -0.05) is 5.57 Å². The molecule has 0 aliphatic heterocycles. The van der Waals surface area contributed by atoms with E-state index < -0.39 is 5.97 Å². The lowest BCUT2D eigenvalue weighted by molar-refractivity contribution is -0.137. The minimum atomic E-state index is -0.840. The van der Waals surface area contributed by atoms with E-state index in [4.69, 9.17) is 5.11 Å². The van der Waals surface area contributed by atoms with Crippen LogP contribution in [0.3, 0.4) is 0 Å². The molecule has 14 heavy (non-hydrogen) atoms. The average molecular weight is 199 g/mol. The number of carboxylic acid groups (broad SMARTS) is 1. The number of carboxylic acids is 1. The summed E-state index contributed by atoms with van der Waals surface area (Å²) in [6.07, 6.45) is 2.03. The maximum atomic E-state index is 11.2. The van der Waals surface area contributed by atoms with E-state index in [2.05, 4.69) is 5.32 Å². The van der Waals surface area contributed by atoms with Gasteiger partial charge in [0.25, 0.3) is 0 Å². The minimum absolute atomic E-state index is 0.0796. The first kappa shape index (κ1) is 12.7. The fraction of sp³-hybridized carbons (Fsp3) is 0.600.